The van der Waals surface area contributed by atoms with Gasteiger partial charge in [-0.15, -0.1) is 0 Å². The predicted molar refractivity (Wildman–Crippen MR) is 106 cm³/mol. The maximum Gasteiger partial charge on any atom is 0.461 e. The van der Waals surface area contributed by atoms with Crippen molar-refractivity contribution >= 4 is 21.6 Å². The van der Waals surface area contributed by atoms with Crippen LogP contribution in [0.25, 0.3) is 0 Å². The Bertz CT molecular complexity index is 1070. The van der Waals surface area contributed by atoms with Crippen molar-refractivity contribution in [3.8, 4) is 5.75 Å². The van der Waals surface area contributed by atoms with Crippen molar-refractivity contribution in [2.45, 2.75) is 30.8 Å². The molecule has 0 fully saturated rings. The molecule has 0 aliphatic heterocycles. The lowest BCUT2D eigenvalue weighted by atomic mass is 9.91. The minimum atomic E-state index is -4.71. The van der Waals surface area contributed by atoms with Gasteiger partial charge in [0.15, 0.2) is 15.6 Å². The highest BCUT2D eigenvalue weighted by Crippen LogP contribution is 2.29. The number of Topliss-reactive ketones (excluding diaryl/α,β-unsaturated/α-hetero) is 1. The number of benzene rings is 2. The third-order valence-corrected chi connectivity index (χ3v) is 5.43. The van der Waals surface area contributed by atoms with E-state index in [1.54, 1.807) is 0 Å². The summed E-state index contributed by atoms with van der Waals surface area (Å²) in [7, 11) is -3.50. The second kappa shape index (κ2) is 10.1. The second-order valence-electron chi connectivity index (χ2n) is 6.78. The van der Waals surface area contributed by atoms with E-state index >= 15 is 0 Å². The van der Waals surface area contributed by atoms with Crippen LogP contribution in [0.15, 0.2) is 53.4 Å². The van der Waals surface area contributed by atoms with Crippen molar-refractivity contribution in [3.05, 3.63) is 59.7 Å². The van der Waals surface area contributed by atoms with Crippen LogP contribution in [-0.2, 0) is 25.8 Å². The van der Waals surface area contributed by atoms with E-state index in [1.807, 2.05) is 0 Å². The van der Waals surface area contributed by atoms with Gasteiger partial charge >= 0.3 is 18.5 Å². The molecule has 2 aromatic carbocycles. The highest BCUT2D eigenvalue weighted by atomic mass is 32.2. The first kappa shape index (κ1) is 25.3. The molecule has 0 radical (unpaired) electrons. The lowest BCUT2D eigenvalue weighted by Crippen LogP contribution is -2.33. The lowest BCUT2D eigenvalue weighted by Gasteiger charge is -2.18. The van der Waals surface area contributed by atoms with Crippen molar-refractivity contribution in [2.24, 2.45) is 5.92 Å². The summed E-state index contributed by atoms with van der Waals surface area (Å²) in [5.41, 5.74) is 0.221. The van der Waals surface area contributed by atoms with Gasteiger partial charge in [0.1, 0.15) is 11.7 Å². The summed E-state index contributed by atoms with van der Waals surface area (Å²) in [6.07, 6.45) is -8.05. The van der Waals surface area contributed by atoms with Crippen LogP contribution >= 0.6 is 0 Å². The molecule has 0 saturated carbocycles. The van der Waals surface area contributed by atoms with Crippen LogP contribution in [-0.4, -0.2) is 45.6 Å². The molecular formula is C21H20F4O6S. The van der Waals surface area contributed by atoms with Crippen molar-refractivity contribution in [2.75, 3.05) is 12.9 Å². The van der Waals surface area contributed by atoms with E-state index in [-0.39, 0.29) is 29.1 Å². The summed E-state index contributed by atoms with van der Waals surface area (Å²) in [5.74, 6) is -3.52. The number of carbonyl (C=O) groups is 2. The van der Waals surface area contributed by atoms with Crippen molar-refractivity contribution in [1.29, 1.82) is 0 Å². The molecule has 2 aromatic rings. The van der Waals surface area contributed by atoms with E-state index in [9.17, 15) is 35.6 Å². The molecule has 0 heterocycles. The summed E-state index contributed by atoms with van der Waals surface area (Å²) >= 11 is 0. The van der Waals surface area contributed by atoms with Crippen LogP contribution < -0.4 is 4.74 Å². The van der Waals surface area contributed by atoms with E-state index in [4.69, 9.17) is 4.74 Å². The molecule has 0 saturated heterocycles. The zero-order valence-electron chi connectivity index (χ0n) is 17.1. The van der Waals surface area contributed by atoms with Crippen molar-refractivity contribution in [3.63, 3.8) is 0 Å². The van der Waals surface area contributed by atoms with Crippen molar-refractivity contribution < 1.29 is 45.0 Å². The zero-order chi connectivity index (χ0) is 24.1. The number of ketones is 1. The number of halogens is 4. The third kappa shape index (κ3) is 6.52. The van der Waals surface area contributed by atoms with Gasteiger partial charge in [-0.3, -0.25) is 9.59 Å². The molecule has 0 aliphatic rings. The number of sulfone groups is 1. The Morgan fingerprint density at radius 1 is 1.06 bits per heavy atom. The van der Waals surface area contributed by atoms with Crippen LogP contribution in [0.5, 0.6) is 5.75 Å². The van der Waals surface area contributed by atoms with Crippen LogP contribution in [0.3, 0.4) is 0 Å². The molecule has 1 atom stereocenters. The quantitative estimate of drug-likeness (QED) is 0.224. The molecule has 174 valence electrons. The van der Waals surface area contributed by atoms with E-state index in [1.165, 1.54) is 43.3 Å². The van der Waals surface area contributed by atoms with Gasteiger partial charge in [0.25, 0.3) is 0 Å². The Hall–Kier alpha value is -2.95. The topological polar surface area (TPSA) is 86.7 Å². The fraction of sp³-hybridized carbons (Fsp3) is 0.333. The summed E-state index contributed by atoms with van der Waals surface area (Å²) in [6, 6.07) is 9.62. The number of ether oxygens (including phenoxy) is 2. The molecule has 1 unspecified atom stereocenters. The molecule has 6 nitrogen and oxygen atoms in total. The molecule has 0 N–H and O–H groups in total. The molecular weight excluding hydrogens is 456 g/mol. The number of carbonyl (C=O) groups excluding carboxylic acids is 2. The smallest absolute Gasteiger partial charge is 0.461 e. The Labute approximate surface area is 182 Å². The Morgan fingerprint density at radius 3 is 2.22 bits per heavy atom. The highest BCUT2D eigenvalue weighted by Gasteiger charge is 2.44. The maximum atomic E-state index is 13.2. The first-order valence-electron chi connectivity index (χ1n) is 9.30. The van der Waals surface area contributed by atoms with Gasteiger partial charge in [0.05, 0.1) is 11.5 Å². The predicted octanol–water partition coefficient (Wildman–Crippen LogP) is 3.93. The summed E-state index contributed by atoms with van der Waals surface area (Å²) in [4.78, 5) is 25.3. The van der Waals surface area contributed by atoms with Gasteiger partial charge < -0.3 is 9.47 Å². The number of hydrogen-bond acceptors (Lipinski definition) is 6. The molecule has 11 heteroatoms. The minimum absolute atomic E-state index is 0.0217. The van der Waals surface area contributed by atoms with E-state index < -0.39 is 45.8 Å². The molecule has 0 amide bonds. The Balaban J connectivity index is 2.31. The van der Waals surface area contributed by atoms with Gasteiger partial charge in [-0.25, -0.2) is 8.42 Å². The molecule has 0 aliphatic carbocycles. The fourth-order valence-corrected chi connectivity index (χ4v) is 3.40. The number of hydrogen-bond donors (Lipinski definition) is 0. The summed E-state index contributed by atoms with van der Waals surface area (Å²) in [5, 5.41) is 0. The van der Waals surface area contributed by atoms with Gasteiger partial charge in [-0.2, -0.15) is 17.6 Å². The number of rotatable bonds is 10. The monoisotopic (exact) mass is 476 g/mol. The first-order chi connectivity index (χ1) is 14.8. The van der Waals surface area contributed by atoms with Gasteiger partial charge in [-0.1, -0.05) is 24.3 Å². The molecule has 0 aromatic heterocycles. The maximum absolute atomic E-state index is 13.2. The molecule has 0 bridgehead atoms. The van der Waals surface area contributed by atoms with Gasteiger partial charge in [0, 0.05) is 11.8 Å². The van der Waals surface area contributed by atoms with Crippen LogP contribution in [0.1, 0.15) is 22.8 Å². The van der Waals surface area contributed by atoms with Crippen LogP contribution in [0, 0.1) is 5.92 Å². The second-order valence-corrected chi connectivity index (χ2v) is 8.80. The average Bonchev–Trinajstić information content (AvgIpc) is 2.71. The third-order valence-electron chi connectivity index (χ3n) is 4.30. The number of esters is 1. The summed E-state index contributed by atoms with van der Waals surface area (Å²) in [6.45, 7) is 1.50. The van der Waals surface area contributed by atoms with Crippen LogP contribution in [0.4, 0.5) is 17.6 Å². The normalized spacial score (nSPS) is 13.0. The lowest BCUT2D eigenvalue weighted by molar-refractivity contribution is -0.253. The Morgan fingerprint density at radius 2 is 1.69 bits per heavy atom. The molecule has 32 heavy (non-hydrogen) atoms. The fourth-order valence-electron chi connectivity index (χ4n) is 2.77. The highest BCUT2D eigenvalue weighted by molar-refractivity contribution is 7.90. The molecule has 2 rings (SSSR count). The van der Waals surface area contributed by atoms with Crippen LogP contribution in [0.2, 0.25) is 0 Å². The van der Waals surface area contributed by atoms with Gasteiger partial charge in [-0.05, 0) is 43.2 Å². The summed E-state index contributed by atoms with van der Waals surface area (Å²) < 4.78 is 83.3. The Kier molecular flexibility index (Phi) is 8.00. The molecule has 0 spiro atoms. The van der Waals surface area contributed by atoms with E-state index in [0.717, 1.165) is 18.4 Å². The standard InChI is InChI=1S/C21H20F4O6S/c1-3-30-19(27)17(18(26)14-7-9-16(10-8-14)32(2,28)29)12-13-5-4-6-15(11-13)31-21(24,25)20(22)23/h4-11,17,20H,3,12H2,1-2H3. The SMILES string of the molecule is CCOC(=O)C(Cc1cccc(OC(F)(F)C(F)F)c1)C(=O)c1ccc(S(C)(=O)=O)cc1. The first-order valence-corrected chi connectivity index (χ1v) is 11.2. The number of alkyl halides is 4. The van der Waals surface area contributed by atoms with Gasteiger partial charge in [0.2, 0.25) is 0 Å². The van der Waals surface area contributed by atoms with Crippen molar-refractivity contribution in [1.82, 2.24) is 0 Å². The van der Waals surface area contributed by atoms with E-state index in [0.29, 0.717) is 0 Å². The average molecular weight is 476 g/mol. The zero-order valence-corrected chi connectivity index (χ0v) is 17.9. The minimum Gasteiger partial charge on any atom is -0.465 e. The van der Waals surface area contributed by atoms with E-state index in [2.05, 4.69) is 4.74 Å². The largest absolute Gasteiger partial charge is 0.465 e.